The number of aliphatic hydroxyl groups is 1. The predicted octanol–water partition coefficient (Wildman–Crippen LogP) is 2.76. The number of hydrogen-bond acceptors (Lipinski definition) is 4. The van der Waals surface area contributed by atoms with E-state index in [1.54, 1.807) is 0 Å². The van der Waals surface area contributed by atoms with Crippen molar-refractivity contribution in [2.24, 2.45) is 0 Å². The highest BCUT2D eigenvalue weighted by atomic mass is 19.4. The molecular formula is C12H16F6O4. The van der Waals surface area contributed by atoms with Gasteiger partial charge in [-0.25, -0.2) is 4.79 Å². The van der Waals surface area contributed by atoms with Gasteiger partial charge < -0.3 is 14.6 Å². The van der Waals surface area contributed by atoms with E-state index in [1.807, 2.05) is 0 Å². The maximum absolute atomic E-state index is 12.5. The summed E-state index contributed by atoms with van der Waals surface area (Å²) in [7, 11) is 0. The third-order valence-electron chi connectivity index (χ3n) is 2.63. The smallest absolute Gasteiger partial charge is 0.426 e. The number of halogens is 6. The minimum absolute atomic E-state index is 0.0231. The topological polar surface area (TPSA) is 55.8 Å². The van der Waals surface area contributed by atoms with E-state index in [2.05, 4.69) is 11.3 Å². The fourth-order valence-electron chi connectivity index (χ4n) is 1.40. The summed E-state index contributed by atoms with van der Waals surface area (Å²) >= 11 is 0. The predicted molar refractivity (Wildman–Crippen MR) is 62.9 cm³/mol. The lowest BCUT2D eigenvalue weighted by molar-refractivity contribution is -0.374. The SMILES string of the molecule is C=C(COC(C)CC(O)(C(F)(F)F)C(F)(F)F)C(=O)OCC. The summed E-state index contributed by atoms with van der Waals surface area (Å²) in [4.78, 5) is 11.1. The molecular weight excluding hydrogens is 322 g/mol. The molecule has 1 unspecified atom stereocenters. The standard InChI is InChI=1S/C12H16F6O4/c1-4-21-9(19)7(2)6-22-8(3)5-10(20,11(13,14)15)12(16,17)18/h8,20H,2,4-6H2,1,3H3. The maximum atomic E-state index is 12.5. The molecule has 0 aromatic rings. The highest BCUT2D eigenvalue weighted by molar-refractivity contribution is 5.87. The van der Waals surface area contributed by atoms with E-state index in [9.17, 15) is 31.1 Å². The Labute approximate surface area is 122 Å². The molecule has 0 aromatic heterocycles. The molecule has 130 valence electrons. The van der Waals surface area contributed by atoms with Crippen molar-refractivity contribution >= 4 is 5.97 Å². The van der Waals surface area contributed by atoms with Crippen molar-refractivity contribution in [2.75, 3.05) is 13.2 Å². The molecule has 0 rings (SSSR count). The lowest BCUT2D eigenvalue weighted by Crippen LogP contribution is -2.58. The monoisotopic (exact) mass is 338 g/mol. The van der Waals surface area contributed by atoms with Crippen LogP contribution in [0.25, 0.3) is 0 Å². The summed E-state index contributed by atoms with van der Waals surface area (Å²) in [6.45, 7) is 5.04. The second kappa shape index (κ2) is 7.32. The van der Waals surface area contributed by atoms with E-state index in [-0.39, 0.29) is 12.2 Å². The Morgan fingerprint density at radius 2 is 1.64 bits per heavy atom. The van der Waals surface area contributed by atoms with E-state index < -0.39 is 43.1 Å². The molecule has 0 saturated carbocycles. The van der Waals surface area contributed by atoms with Crippen molar-refractivity contribution in [3.63, 3.8) is 0 Å². The van der Waals surface area contributed by atoms with Crippen LogP contribution in [0.2, 0.25) is 0 Å². The van der Waals surface area contributed by atoms with Crippen LogP contribution in [-0.2, 0) is 14.3 Å². The van der Waals surface area contributed by atoms with Crippen LogP contribution >= 0.6 is 0 Å². The van der Waals surface area contributed by atoms with Gasteiger partial charge in [0.2, 0.25) is 0 Å². The summed E-state index contributed by atoms with van der Waals surface area (Å²) in [6, 6.07) is 0. The van der Waals surface area contributed by atoms with Crippen molar-refractivity contribution in [1.82, 2.24) is 0 Å². The van der Waals surface area contributed by atoms with Crippen LogP contribution < -0.4 is 0 Å². The van der Waals surface area contributed by atoms with Gasteiger partial charge in [-0.05, 0) is 13.8 Å². The molecule has 1 N–H and O–H groups in total. The van der Waals surface area contributed by atoms with Gasteiger partial charge in [-0.1, -0.05) is 6.58 Å². The summed E-state index contributed by atoms with van der Waals surface area (Å²) in [5.74, 6) is -0.878. The Morgan fingerprint density at radius 1 is 1.18 bits per heavy atom. The fourth-order valence-corrected chi connectivity index (χ4v) is 1.40. The quantitative estimate of drug-likeness (QED) is 0.441. The Morgan fingerprint density at radius 3 is 2.00 bits per heavy atom. The van der Waals surface area contributed by atoms with Crippen LogP contribution in [-0.4, -0.2) is 48.3 Å². The van der Waals surface area contributed by atoms with Gasteiger partial charge >= 0.3 is 18.3 Å². The zero-order valence-electron chi connectivity index (χ0n) is 11.8. The number of rotatable bonds is 7. The molecule has 1 atom stereocenters. The molecule has 0 aliphatic rings. The molecule has 0 aliphatic carbocycles. The minimum atomic E-state index is -5.92. The molecule has 0 heterocycles. The highest BCUT2D eigenvalue weighted by Gasteiger charge is 2.70. The zero-order valence-corrected chi connectivity index (χ0v) is 11.8. The Bertz CT molecular complexity index is 387. The van der Waals surface area contributed by atoms with Gasteiger partial charge in [-0.2, -0.15) is 26.3 Å². The van der Waals surface area contributed by atoms with Gasteiger partial charge in [0, 0.05) is 6.42 Å². The number of ether oxygens (including phenoxy) is 2. The lowest BCUT2D eigenvalue weighted by atomic mass is 9.95. The van der Waals surface area contributed by atoms with Gasteiger partial charge in [0.1, 0.15) is 0 Å². The zero-order chi connectivity index (χ0) is 17.8. The summed E-state index contributed by atoms with van der Waals surface area (Å²) in [5, 5.41) is 8.97. The van der Waals surface area contributed by atoms with Crippen LogP contribution in [0.15, 0.2) is 12.2 Å². The third kappa shape index (κ3) is 5.16. The maximum Gasteiger partial charge on any atom is 0.426 e. The van der Waals surface area contributed by atoms with E-state index in [1.165, 1.54) is 6.92 Å². The molecule has 22 heavy (non-hydrogen) atoms. The molecule has 0 aromatic carbocycles. The van der Waals surface area contributed by atoms with Crippen LogP contribution in [0.1, 0.15) is 20.3 Å². The number of esters is 1. The van der Waals surface area contributed by atoms with Crippen molar-refractivity contribution < 1.29 is 45.7 Å². The molecule has 0 aliphatic heterocycles. The Kier molecular flexibility index (Phi) is 6.89. The highest BCUT2D eigenvalue weighted by Crippen LogP contribution is 2.46. The number of carbonyl (C=O) groups excluding carboxylic acids is 1. The van der Waals surface area contributed by atoms with Crippen LogP contribution in [0.4, 0.5) is 26.3 Å². The Hall–Kier alpha value is -1.29. The Balaban J connectivity index is 4.78. The van der Waals surface area contributed by atoms with E-state index in [0.717, 1.165) is 6.92 Å². The molecule has 0 saturated heterocycles. The number of carbonyl (C=O) groups is 1. The first-order valence-electron chi connectivity index (χ1n) is 6.08. The van der Waals surface area contributed by atoms with Crippen molar-refractivity contribution in [3.05, 3.63) is 12.2 Å². The van der Waals surface area contributed by atoms with Crippen LogP contribution in [0.5, 0.6) is 0 Å². The molecule has 0 radical (unpaired) electrons. The molecule has 0 spiro atoms. The molecule has 0 fully saturated rings. The van der Waals surface area contributed by atoms with Gasteiger partial charge in [0.05, 0.1) is 24.9 Å². The average molecular weight is 338 g/mol. The number of hydrogen-bond donors (Lipinski definition) is 1. The first kappa shape index (κ1) is 20.7. The van der Waals surface area contributed by atoms with Crippen LogP contribution in [0.3, 0.4) is 0 Å². The van der Waals surface area contributed by atoms with Crippen molar-refractivity contribution in [1.29, 1.82) is 0 Å². The van der Waals surface area contributed by atoms with Crippen molar-refractivity contribution in [2.45, 2.75) is 44.3 Å². The second-order valence-corrected chi connectivity index (χ2v) is 4.51. The van der Waals surface area contributed by atoms with Gasteiger partial charge in [-0.3, -0.25) is 0 Å². The largest absolute Gasteiger partial charge is 0.463 e. The van der Waals surface area contributed by atoms with E-state index in [4.69, 9.17) is 9.84 Å². The first-order valence-corrected chi connectivity index (χ1v) is 6.08. The molecule has 0 bridgehead atoms. The number of alkyl halides is 6. The average Bonchev–Trinajstić information content (AvgIpc) is 2.33. The van der Waals surface area contributed by atoms with E-state index >= 15 is 0 Å². The van der Waals surface area contributed by atoms with Gasteiger partial charge in [-0.15, -0.1) is 0 Å². The van der Waals surface area contributed by atoms with E-state index in [0.29, 0.717) is 0 Å². The minimum Gasteiger partial charge on any atom is -0.463 e. The molecule has 0 amide bonds. The third-order valence-corrected chi connectivity index (χ3v) is 2.63. The summed E-state index contributed by atoms with van der Waals surface area (Å²) < 4.78 is 84.0. The first-order chi connectivity index (χ1) is 9.76. The normalized spacial score (nSPS) is 14.6. The summed E-state index contributed by atoms with van der Waals surface area (Å²) in [5.41, 5.74) is -5.17. The molecule has 10 heteroatoms. The lowest BCUT2D eigenvalue weighted by Gasteiger charge is -2.34. The second-order valence-electron chi connectivity index (χ2n) is 4.51. The fraction of sp³-hybridized carbons (Fsp3) is 0.750. The van der Waals surface area contributed by atoms with Crippen molar-refractivity contribution in [3.8, 4) is 0 Å². The molecule has 4 nitrogen and oxygen atoms in total. The van der Waals surface area contributed by atoms with Crippen LogP contribution in [0, 0.1) is 0 Å². The summed E-state index contributed by atoms with van der Waals surface area (Å²) in [6.07, 6.45) is -15.2. The van der Waals surface area contributed by atoms with Gasteiger partial charge in [0.25, 0.3) is 5.60 Å². The van der Waals surface area contributed by atoms with Gasteiger partial charge in [0.15, 0.2) is 0 Å².